The van der Waals surface area contributed by atoms with E-state index in [1.165, 1.54) is 144 Å². The number of Topliss-reactive ketones (excluding diaryl/α,β-unsaturated/α-hetero) is 1. The Morgan fingerprint density at radius 1 is 0.436 bits per heavy atom. The van der Waals surface area contributed by atoms with Gasteiger partial charge in [0.05, 0.1) is 22.3 Å². The molecule has 0 atom stereocenters. The van der Waals surface area contributed by atoms with Crippen LogP contribution in [0.15, 0.2) is 48.5 Å². The quantitative estimate of drug-likeness (QED) is 0.0542. The molecule has 3 fully saturated rings. The molecule has 0 spiro atoms. The molecule has 4 aliphatic heterocycles. The van der Waals surface area contributed by atoms with E-state index in [1.54, 1.807) is 24.3 Å². The highest BCUT2D eigenvalue weighted by Gasteiger charge is 2.44. The van der Waals surface area contributed by atoms with Crippen LogP contribution in [0.5, 0.6) is 0 Å². The standard InChI is InChI=1S/C36H46N2O4.C14H4O6.C11H23N.C3H6O/c1-3-5-7-9-23-11-15-25(16-12-23)37-33(39)27-19-21-29-32-30(22-20-28(31(27)32)34(37)40)36(42)38(35(29)41)26-17-13-24(14-18-26)10-8-6-4-2;15-11-5-1-2-6-10-8(14(18)20-12(6)16)4-3-7(9(5)10)13(17)19-11;1-2-3-4-5-10-6-8-11(12)9-7-10;1-3(2)4/h19-26H,3-18H2,1-2H3;1-4H;10-11H,2-9,12H2,1H3;1-2H3/i;;;1D. The topological polar surface area (TPSA) is 205 Å². The highest BCUT2D eigenvalue weighted by molar-refractivity contribution is 6.33. The lowest BCUT2D eigenvalue weighted by atomic mass is 9.79. The van der Waals surface area contributed by atoms with E-state index in [0.29, 0.717) is 50.9 Å². The van der Waals surface area contributed by atoms with Crippen LogP contribution in [0.4, 0.5) is 0 Å². The first-order chi connectivity index (χ1) is 38.1. The number of imide groups is 2. The maximum atomic E-state index is 13.9. The van der Waals surface area contributed by atoms with Crippen LogP contribution in [-0.4, -0.2) is 81.2 Å². The van der Waals surface area contributed by atoms with Crippen molar-refractivity contribution in [2.24, 2.45) is 23.5 Å². The summed E-state index contributed by atoms with van der Waals surface area (Å²) in [6, 6.07) is 12.8. The highest BCUT2D eigenvalue weighted by Crippen LogP contribution is 2.43. The number of esters is 4. The molecule has 4 aromatic rings. The van der Waals surface area contributed by atoms with Gasteiger partial charge in [0, 0.05) is 63.3 Å². The summed E-state index contributed by atoms with van der Waals surface area (Å²) in [4.78, 5) is 115. The zero-order chi connectivity index (χ0) is 56.5. The van der Waals surface area contributed by atoms with Crippen LogP contribution in [0.3, 0.4) is 0 Å². The van der Waals surface area contributed by atoms with Gasteiger partial charge in [-0.05, 0) is 157 Å². The van der Waals surface area contributed by atoms with Crippen LogP contribution in [0, 0.1) is 17.8 Å². The van der Waals surface area contributed by atoms with Crippen molar-refractivity contribution in [1.82, 2.24) is 9.80 Å². The lowest BCUT2D eigenvalue weighted by molar-refractivity contribution is -0.115. The van der Waals surface area contributed by atoms with Gasteiger partial charge in [0.1, 0.15) is 5.78 Å². The third-order valence-corrected chi connectivity index (χ3v) is 17.3. The Bertz CT molecular complexity index is 2680. The van der Waals surface area contributed by atoms with E-state index in [9.17, 15) is 43.2 Å². The second-order valence-electron chi connectivity index (χ2n) is 22.8. The van der Waals surface area contributed by atoms with Gasteiger partial charge in [-0.1, -0.05) is 97.8 Å². The Morgan fingerprint density at radius 2 is 0.679 bits per heavy atom. The molecule has 0 saturated heterocycles. The van der Waals surface area contributed by atoms with E-state index in [-0.39, 0.29) is 81.4 Å². The van der Waals surface area contributed by atoms with E-state index < -0.39 is 23.9 Å². The second-order valence-corrected chi connectivity index (χ2v) is 22.8. The van der Waals surface area contributed by atoms with E-state index in [4.69, 9.17) is 7.10 Å². The predicted molar refractivity (Wildman–Crippen MR) is 299 cm³/mol. The van der Waals surface area contributed by atoms with Crippen molar-refractivity contribution in [3.63, 3.8) is 0 Å². The summed E-state index contributed by atoms with van der Waals surface area (Å²) in [7, 11) is 0. The van der Waals surface area contributed by atoms with Crippen molar-refractivity contribution < 1.29 is 54.0 Å². The zero-order valence-corrected chi connectivity index (χ0v) is 46.2. The van der Waals surface area contributed by atoms with Gasteiger partial charge >= 0.3 is 23.9 Å². The highest BCUT2D eigenvalue weighted by atomic mass is 16.6. The molecule has 0 radical (unpaired) electrons. The van der Waals surface area contributed by atoms with Gasteiger partial charge in [0.15, 0.2) is 0 Å². The SMILES string of the molecule is CCCCCC1CCC(N)CC1.CCCCCC1CCC(N2C(=O)c3ccc4c5c(ccc(c35)C2=O)C(=O)N(C2CCC(CCCCC)CC2)C4=O)CC1.O=C1OC(=O)c2ccc3c4c(ccc1c24)C(=O)OC3=O.[2H]CC(C)=O. The first kappa shape index (κ1) is 56.3. The van der Waals surface area contributed by atoms with Gasteiger partial charge in [-0.2, -0.15) is 0 Å². The van der Waals surface area contributed by atoms with Gasteiger partial charge in [-0.3, -0.25) is 29.0 Å². The third-order valence-electron chi connectivity index (χ3n) is 17.3. The number of nitrogens with zero attached hydrogens (tertiary/aromatic N) is 2. The molecule has 78 heavy (non-hydrogen) atoms. The minimum absolute atomic E-state index is 0.0787. The average molecular weight is 1070 g/mol. The fourth-order valence-corrected chi connectivity index (χ4v) is 13.0. The Balaban J connectivity index is 0.000000181. The molecule has 0 bridgehead atoms. The summed E-state index contributed by atoms with van der Waals surface area (Å²) in [6.45, 7) is 8.03. The lowest BCUT2D eigenvalue weighted by Gasteiger charge is -2.40. The van der Waals surface area contributed by atoms with Gasteiger partial charge in [-0.25, -0.2) is 19.2 Å². The number of rotatable bonds is 14. The molecule has 0 unspecified atom stereocenters. The smallest absolute Gasteiger partial charge is 0.346 e. The molecule has 3 saturated carbocycles. The van der Waals surface area contributed by atoms with Crippen LogP contribution in [0.1, 0.15) is 273 Å². The molecule has 0 aromatic heterocycles. The summed E-state index contributed by atoms with van der Waals surface area (Å²) in [6.07, 6.45) is 28.5. The first-order valence-electron chi connectivity index (χ1n) is 29.8. The molecule has 416 valence electrons. The van der Waals surface area contributed by atoms with Crippen molar-refractivity contribution in [2.75, 3.05) is 0 Å². The number of nitrogens with two attached hydrogens (primary N) is 1. The number of hydrogen-bond acceptors (Lipinski definition) is 12. The lowest BCUT2D eigenvalue weighted by Crippen LogP contribution is -2.50. The van der Waals surface area contributed by atoms with Crippen molar-refractivity contribution in [3.05, 3.63) is 93.0 Å². The molecule has 4 amide bonds. The van der Waals surface area contributed by atoms with Gasteiger partial charge in [-0.15, -0.1) is 0 Å². The molecule has 14 nitrogen and oxygen atoms in total. The Hall–Kier alpha value is -6.41. The molecular formula is C64H79N3O11. The minimum Gasteiger partial charge on any atom is -0.386 e. The van der Waals surface area contributed by atoms with E-state index in [0.717, 1.165) is 57.3 Å². The van der Waals surface area contributed by atoms with Crippen molar-refractivity contribution in [1.29, 1.82) is 0 Å². The molecular weight excluding hydrogens is 987 g/mol. The molecule has 14 heteroatoms. The molecule has 7 aliphatic rings. The summed E-state index contributed by atoms with van der Waals surface area (Å²) in [5.41, 5.74) is 8.24. The Kier molecular flexibility index (Phi) is 18.8. The number of benzene rings is 4. The van der Waals surface area contributed by atoms with Crippen molar-refractivity contribution in [3.8, 4) is 0 Å². The normalized spacial score (nSPS) is 23.3. The van der Waals surface area contributed by atoms with Gasteiger partial charge in [0.25, 0.3) is 23.6 Å². The molecule has 2 N–H and O–H groups in total. The molecule has 3 aliphatic carbocycles. The molecule has 4 aromatic carbocycles. The number of carbonyl (C=O) groups excluding carboxylic acids is 9. The summed E-state index contributed by atoms with van der Waals surface area (Å²) < 4.78 is 15.5. The summed E-state index contributed by atoms with van der Waals surface area (Å²) in [5, 5.41) is 1.52. The number of carbonyl (C=O) groups is 9. The number of hydrogen-bond donors (Lipinski definition) is 1. The van der Waals surface area contributed by atoms with E-state index >= 15 is 0 Å². The maximum Gasteiger partial charge on any atom is 0.346 e. The monoisotopic (exact) mass is 1070 g/mol. The molecule has 11 rings (SSSR count). The van der Waals surface area contributed by atoms with Crippen LogP contribution in [0.25, 0.3) is 21.5 Å². The summed E-state index contributed by atoms with van der Waals surface area (Å²) >= 11 is 0. The molecule has 4 heterocycles. The van der Waals surface area contributed by atoms with E-state index in [2.05, 4.69) is 30.2 Å². The van der Waals surface area contributed by atoms with Crippen LogP contribution < -0.4 is 5.73 Å². The third kappa shape index (κ3) is 12.4. The fraction of sp³-hybridized carbons (Fsp3) is 0.547. The number of cyclic esters (lactones) is 4. The average Bonchev–Trinajstić information content (AvgIpc) is 3.63. The second kappa shape index (κ2) is 26.0. The Morgan fingerprint density at radius 3 is 0.936 bits per heavy atom. The summed E-state index contributed by atoms with van der Waals surface area (Å²) in [5.74, 6) is -2.02. The number of unbranched alkanes of at least 4 members (excludes halogenated alkanes) is 6. The first-order valence-corrected chi connectivity index (χ1v) is 29.1. The number of ether oxygens (including phenoxy) is 2. The van der Waals surface area contributed by atoms with Crippen molar-refractivity contribution in [2.45, 2.75) is 207 Å². The largest absolute Gasteiger partial charge is 0.386 e. The van der Waals surface area contributed by atoms with Gasteiger partial charge in [0.2, 0.25) is 0 Å². The van der Waals surface area contributed by atoms with Crippen molar-refractivity contribution >= 4 is 74.8 Å². The minimum atomic E-state index is -0.794. The maximum absolute atomic E-state index is 13.9. The van der Waals surface area contributed by atoms with Gasteiger partial charge < -0.3 is 20.0 Å². The van der Waals surface area contributed by atoms with Crippen LogP contribution in [0.2, 0.25) is 0 Å². The fourth-order valence-electron chi connectivity index (χ4n) is 13.0. The Labute approximate surface area is 460 Å². The zero-order valence-electron chi connectivity index (χ0n) is 47.2. The predicted octanol–water partition coefficient (Wildman–Crippen LogP) is 13.5. The van der Waals surface area contributed by atoms with E-state index in [1.807, 2.05) is 0 Å². The number of amides is 4. The number of ketones is 1. The van der Waals surface area contributed by atoms with Crippen LogP contribution >= 0.6 is 0 Å². The van der Waals surface area contributed by atoms with Crippen LogP contribution in [-0.2, 0) is 14.3 Å².